The van der Waals surface area contributed by atoms with Gasteiger partial charge in [-0.1, -0.05) is 69.8 Å². The summed E-state index contributed by atoms with van der Waals surface area (Å²) in [6.07, 6.45) is 21.1. The van der Waals surface area contributed by atoms with Crippen molar-refractivity contribution in [1.82, 2.24) is 0 Å². The van der Waals surface area contributed by atoms with Gasteiger partial charge in [-0.15, -0.1) is 0 Å². The van der Waals surface area contributed by atoms with Crippen molar-refractivity contribution < 1.29 is 10.2 Å². The zero-order chi connectivity index (χ0) is 16.0. The molecule has 1 unspecified atom stereocenters. The Balaban J connectivity index is 1.94. The lowest BCUT2D eigenvalue weighted by atomic mass is 10.1. The molecule has 1 aliphatic rings. The second-order valence-corrected chi connectivity index (χ2v) is 6.78. The molecule has 3 atom stereocenters. The molecule has 0 aromatic heterocycles. The van der Waals surface area contributed by atoms with Gasteiger partial charge in [-0.2, -0.15) is 0 Å². The van der Waals surface area contributed by atoms with E-state index in [2.05, 4.69) is 19.1 Å². The Morgan fingerprint density at radius 1 is 1.00 bits per heavy atom. The molecule has 2 N–H and O–H groups in total. The lowest BCUT2D eigenvalue weighted by Crippen LogP contribution is -2.00. The molecule has 1 saturated carbocycles. The summed E-state index contributed by atoms with van der Waals surface area (Å²) in [5, 5.41) is 18.5. The Kier molecular flexibility index (Phi) is 11.4. The van der Waals surface area contributed by atoms with Gasteiger partial charge in [0.1, 0.15) is 0 Å². The summed E-state index contributed by atoms with van der Waals surface area (Å²) >= 11 is 0. The lowest BCUT2D eigenvalue weighted by molar-refractivity contribution is 0.208. The van der Waals surface area contributed by atoms with Crippen molar-refractivity contribution in [2.45, 2.75) is 83.7 Å². The van der Waals surface area contributed by atoms with Gasteiger partial charge < -0.3 is 10.2 Å². The molecule has 0 amide bonds. The van der Waals surface area contributed by atoms with Gasteiger partial charge >= 0.3 is 0 Å². The van der Waals surface area contributed by atoms with Gasteiger partial charge in [0.2, 0.25) is 0 Å². The third-order valence-electron chi connectivity index (χ3n) is 4.69. The molecule has 2 heteroatoms. The van der Waals surface area contributed by atoms with E-state index in [0.29, 0.717) is 6.61 Å². The van der Waals surface area contributed by atoms with Crippen molar-refractivity contribution >= 4 is 0 Å². The number of unbranched alkanes of at least 4 members (excludes halogenated alkanes) is 4. The normalized spacial score (nSPS) is 22.7. The van der Waals surface area contributed by atoms with Gasteiger partial charge in [0.15, 0.2) is 0 Å². The van der Waals surface area contributed by atoms with Crippen molar-refractivity contribution in [1.29, 1.82) is 0 Å². The molecule has 0 bridgehead atoms. The van der Waals surface area contributed by atoms with E-state index in [-0.39, 0.29) is 6.10 Å². The first-order valence-corrected chi connectivity index (χ1v) is 9.40. The number of allylic oxidation sites excluding steroid dienone is 3. The highest BCUT2D eigenvalue weighted by molar-refractivity contribution is 5.05. The highest BCUT2D eigenvalue weighted by Gasteiger charge is 2.34. The Morgan fingerprint density at radius 3 is 2.59 bits per heavy atom. The predicted molar refractivity (Wildman–Crippen MR) is 94.8 cm³/mol. The van der Waals surface area contributed by atoms with Crippen LogP contribution in [0.15, 0.2) is 24.3 Å². The summed E-state index contributed by atoms with van der Waals surface area (Å²) in [6, 6.07) is 0. The zero-order valence-corrected chi connectivity index (χ0v) is 14.4. The van der Waals surface area contributed by atoms with E-state index in [1.54, 1.807) is 0 Å². The molecule has 0 aromatic rings. The van der Waals surface area contributed by atoms with E-state index in [1.165, 1.54) is 44.9 Å². The smallest absolute Gasteiger partial charge is 0.0723 e. The van der Waals surface area contributed by atoms with Crippen molar-refractivity contribution in [3.8, 4) is 0 Å². The third kappa shape index (κ3) is 10.2. The fourth-order valence-electron chi connectivity index (χ4n) is 3.09. The van der Waals surface area contributed by atoms with Crippen molar-refractivity contribution in [2.24, 2.45) is 11.8 Å². The standard InChI is InChI=1S/C20H36O2/c1-2-3-7-14-20(22)15-10-5-4-8-12-18-17-19(18)13-9-6-11-16-21/h4-5,10,15,18-22H,2-3,6-9,11-14,16-17H2,1H3/b5-4-,15-10+/t18-,19-,20?/m1/s1. The highest BCUT2D eigenvalue weighted by atomic mass is 16.3. The quantitative estimate of drug-likeness (QED) is 0.350. The van der Waals surface area contributed by atoms with Crippen LogP contribution in [-0.2, 0) is 0 Å². The average Bonchev–Trinajstić information content (AvgIpc) is 3.26. The van der Waals surface area contributed by atoms with E-state index in [1.807, 2.05) is 12.2 Å². The molecule has 0 aliphatic heterocycles. The van der Waals surface area contributed by atoms with Gasteiger partial charge in [-0.05, 0) is 43.9 Å². The number of rotatable bonds is 14. The van der Waals surface area contributed by atoms with Crippen LogP contribution in [0, 0.1) is 11.8 Å². The van der Waals surface area contributed by atoms with Crippen molar-refractivity contribution in [3.63, 3.8) is 0 Å². The highest BCUT2D eigenvalue weighted by Crippen LogP contribution is 2.45. The summed E-state index contributed by atoms with van der Waals surface area (Å²) in [7, 11) is 0. The lowest BCUT2D eigenvalue weighted by Gasteiger charge is -2.03. The Hall–Kier alpha value is -0.600. The van der Waals surface area contributed by atoms with Gasteiger partial charge in [-0.3, -0.25) is 0 Å². The number of aliphatic hydroxyl groups is 2. The van der Waals surface area contributed by atoms with Crippen LogP contribution in [-0.4, -0.2) is 22.9 Å². The molecule has 0 spiro atoms. The van der Waals surface area contributed by atoms with Gasteiger partial charge in [0, 0.05) is 6.61 Å². The fourth-order valence-corrected chi connectivity index (χ4v) is 3.09. The van der Waals surface area contributed by atoms with Crippen LogP contribution < -0.4 is 0 Å². The molecule has 1 fully saturated rings. The van der Waals surface area contributed by atoms with Crippen LogP contribution >= 0.6 is 0 Å². The van der Waals surface area contributed by atoms with Crippen LogP contribution in [0.25, 0.3) is 0 Å². The number of aliphatic hydroxyl groups excluding tert-OH is 2. The molecule has 2 nitrogen and oxygen atoms in total. The minimum Gasteiger partial charge on any atom is -0.396 e. The molecule has 0 saturated heterocycles. The fraction of sp³-hybridized carbons (Fsp3) is 0.800. The Bertz CT molecular complexity index is 309. The second kappa shape index (κ2) is 12.9. The largest absolute Gasteiger partial charge is 0.396 e. The summed E-state index contributed by atoms with van der Waals surface area (Å²) < 4.78 is 0. The van der Waals surface area contributed by atoms with E-state index in [9.17, 15) is 5.11 Å². The Labute approximate surface area is 137 Å². The molecule has 1 rings (SSSR count). The topological polar surface area (TPSA) is 40.5 Å². The minimum absolute atomic E-state index is 0.275. The monoisotopic (exact) mass is 308 g/mol. The first-order valence-electron chi connectivity index (χ1n) is 9.40. The first kappa shape index (κ1) is 19.4. The third-order valence-corrected chi connectivity index (χ3v) is 4.69. The summed E-state index contributed by atoms with van der Waals surface area (Å²) in [5.74, 6) is 1.91. The number of hydrogen-bond acceptors (Lipinski definition) is 2. The van der Waals surface area contributed by atoms with E-state index in [4.69, 9.17) is 5.11 Å². The molecule has 0 heterocycles. The minimum atomic E-state index is -0.275. The van der Waals surface area contributed by atoms with Crippen LogP contribution in [0.4, 0.5) is 0 Å². The van der Waals surface area contributed by atoms with Gasteiger partial charge in [-0.25, -0.2) is 0 Å². The second-order valence-electron chi connectivity index (χ2n) is 6.78. The maximum Gasteiger partial charge on any atom is 0.0723 e. The SMILES string of the molecule is CCCCCC(O)/C=C/C=C\CC[C@@H]1C[C@H]1CCCCCO. The van der Waals surface area contributed by atoms with Crippen LogP contribution in [0.2, 0.25) is 0 Å². The van der Waals surface area contributed by atoms with Gasteiger partial charge in [0.25, 0.3) is 0 Å². The molecule has 128 valence electrons. The molecule has 1 aliphatic carbocycles. The molecule has 0 aromatic carbocycles. The van der Waals surface area contributed by atoms with Crippen molar-refractivity contribution in [2.75, 3.05) is 6.61 Å². The first-order chi connectivity index (χ1) is 10.8. The van der Waals surface area contributed by atoms with E-state index < -0.39 is 0 Å². The predicted octanol–water partition coefficient (Wildman–Crippen LogP) is 5.01. The van der Waals surface area contributed by atoms with E-state index >= 15 is 0 Å². The molecular weight excluding hydrogens is 272 g/mol. The zero-order valence-electron chi connectivity index (χ0n) is 14.4. The van der Waals surface area contributed by atoms with Crippen molar-refractivity contribution in [3.05, 3.63) is 24.3 Å². The maximum atomic E-state index is 9.75. The van der Waals surface area contributed by atoms with Crippen LogP contribution in [0.3, 0.4) is 0 Å². The molecule has 22 heavy (non-hydrogen) atoms. The summed E-state index contributed by atoms with van der Waals surface area (Å²) in [4.78, 5) is 0. The summed E-state index contributed by atoms with van der Waals surface area (Å²) in [5.41, 5.74) is 0. The van der Waals surface area contributed by atoms with Crippen LogP contribution in [0.1, 0.15) is 77.6 Å². The summed E-state index contributed by atoms with van der Waals surface area (Å²) in [6.45, 7) is 2.53. The Morgan fingerprint density at radius 2 is 1.82 bits per heavy atom. The maximum absolute atomic E-state index is 9.75. The molecule has 0 radical (unpaired) electrons. The van der Waals surface area contributed by atoms with Crippen LogP contribution in [0.5, 0.6) is 0 Å². The number of hydrogen-bond donors (Lipinski definition) is 2. The van der Waals surface area contributed by atoms with E-state index in [0.717, 1.165) is 37.5 Å². The average molecular weight is 309 g/mol. The molecular formula is C20H36O2. The van der Waals surface area contributed by atoms with Gasteiger partial charge in [0.05, 0.1) is 6.10 Å².